The zero-order chi connectivity index (χ0) is 14.4. The van der Waals surface area contributed by atoms with E-state index in [4.69, 9.17) is 0 Å². The summed E-state index contributed by atoms with van der Waals surface area (Å²) in [5, 5.41) is 40.7. The molecule has 7 atom stereocenters. The lowest BCUT2D eigenvalue weighted by molar-refractivity contribution is -0.114. The van der Waals surface area contributed by atoms with Gasteiger partial charge in [0.25, 0.3) is 0 Å². The molecule has 2 rings (SSSR count). The molecule has 2 aliphatic rings. The second kappa shape index (κ2) is 4.99. The molecular formula is C15H28O4. The van der Waals surface area contributed by atoms with Crippen LogP contribution in [0.4, 0.5) is 0 Å². The summed E-state index contributed by atoms with van der Waals surface area (Å²) >= 11 is 0. The SMILES string of the molecule is CC1CCC2C1CC(C(C)(O)CO)CC(O)C2(C)O. The largest absolute Gasteiger partial charge is 0.393 e. The second-order valence-electron chi connectivity index (χ2n) is 7.25. The van der Waals surface area contributed by atoms with Crippen LogP contribution in [0.2, 0.25) is 0 Å². The van der Waals surface area contributed by atoms with E-state index in [0.717, 1.165) is 19.3 Å². The normalized spacial score (nSPS) is 50.4. The van der Waals surface area contributed by atoms with E-state index >= 15 is 0 Å². The Kier molecular flexibility index (Phi) is 4.00. The van der Waals surface area contributed by atoms with Gasteiger partial charge in [-0.1, -0.05) is 13.3 Å². The Hall–Kier alpha value is -0.160. The van der Waals surface area contributed by atoms with Gasteiger partial charge in [0.05, 0.1) is 23.9 Å². The predicted molar refractivity (Wildman–Crippen MR) is 72.4 cm³/mol. The molecule has 0 radical (unpaired) electrons. The second-order valence-corrected chi connectivity index (χ2v) is 7.25. The van der Waals surface area contributed by atoms with Crippen molar-refractivity contribution in [3.63, 3.8) is 0 Å². The summed E-state index contributed by atoms with van der Waals surface area (Å²) in [6, 6.07) is 0. The van der Waals surface area contributed by atoms with E-state index in [1.165, 1.54) is 0 Å². The van der Waals surface area contributed by atoms with Crippen LogP contribution in [0.25, 0.3) is 0 Å². The Labute approximate surface area is 115 Å². The summed E-state index contributed by atoms with van der Waals surface area (Å²) in [6.45, 7) is 5.23. The third-order valence-electron chi connectivity index (χ3n) is 5.87. The van der Waals surface area contributed by atoms with Crippen LogP contribution in [0.3, 0.4) is 0 Å². The maximum Gasteiger partial charge on any atom is 0.0908 e. The topological polar surface area (TPSA) is 80.9 Å². The number of aliphatic hydroxyl groups is 4. The summed E-state index contributed by atoms with van der Waals surface area (Å²) in [7, 11) is 0. The molecule has 2 saturated carbocycles. The van der Waals surface area contributed by atoms with E-state index in [2.05, 4.69) is 6.92 Å². The molecule has 0 aromatic heterocycles. The molecule has 0 bridgehead atoms. The first-order valence-corrected chi connectivity index (χ1v) is 7.43. The minimum Gasteiger partial charge on any atom is -0.393 e. The summed E-state index contributed by atoms with van der Waals surface area (Å²) in [4.78, 5) is 0. The fourth-order valence-electron chi connectivity index (χ4n) is 4.21. The van der Waals surface area contributed by atoms with E-state index in [1.807, 2.05) is 0 Å². The number of aliphatic hydroxyl groups excluding tert-OH is 2. The number of rotatable bonds is 2. The fourth-order valence-corrected chi connectivity index (χ4v) is 4.21. The van der Waals surface area contributed by atoms with Gasteiger partial charge in [-0.3, -0.25) is 0 Å². The van der Waals surface area contributed by atoms with Gasteiger partial charge in [0.2, 0.25) is 0 Å². The van der Waals surface area contributed by atoms with Crippen molar-refractivity contribution in [2.45, 2.75) is 63.8 Å². The molecular weight excluding hydrogens is 244 g/mol. The Balaban J connectivity index is 2.30. The molecule has 19 heavy (non-hydrogen) atoms. The van der Waals surface area contributed by atoms with Gasteiger partial charge in [0.15, 0.2) is 0 Å². The highest BCUT2D eigenvalue weighted by atomic mass is 16.3. The highest BCUT2D eigenvalue weighted by Crippen LogP contribution is 2.51. The molecule has 112 valence electrons. The van der Waals surface area contributed by atoms with Gasteiger partial charge in [-0.15, -0.1) is 0 Å². The Morgan fingerprint density at radius 2 is 1.89 bits per heavy atom. The maximum atomic E-state index is 10.7. The van der Waals surface area contributed by atoms with Crippen LogP contribution in [0.5, 0.6) is 0 Å². The molecule has 2 fully saturated rings. The van der Waals surface area contributed by atoms with Crippen LogP contribution < -0.4 is 0 Å². The molecule has 0 heterocycles. The van der Waals surface area contributed by atoms with Gasteiger partial charge in [-0.2, -0.15) is 0 Å². The monoisotopic (exact) mass is 272 g/mol. The highest BCUT2D eigenvalue weighted by molar-refractivity contribution is 5.03. The lowest BCUT2D eigenvalue weighted by atomic mass is 9.76. The molecule has 4 N–H and O–H groups in total. The third-order valence-corrected chi connectivity index (χ3v) is 5.87. The Morgan fingerprint density at radius 3 is 2.47 bits per heavy atom. The summed E-state index contributed by atoms with van der Waals surface area (Å²) < 4.78 is 0. The van der Waals surface area contributed by atoms with Gasteiger partial charge in [0, 0.05) is 0 Å². The minimum absolute atomic E-state index is 0.0944. The van der Waals surface area contributed by atoms with E-state index in [9.17, 15) is 20.4 Å². The number of fused-ring (bicyclic) bond motifs is 1. The molecule has 0 aliphatic heterocycles. The lowest BCUT2D eigenvalue weighted by Gasteiger charge is -2.36. The number of hydrogen-bond donors (Lipinski definition) is 4. The number of hydrogen-bond acceptors (Lipinski definition) is 4. The first-order chi connectivity index (χ1) is 8.70. The Morgan fingerprint density at radius 1 is 1.26 bits per heavy atom. The fraction of sp³-hybridized carbons (Fsp3) is 1.00. The van der Waals surface area contributed by atoms with Crippen LogP contribution >= 0.6 is 0 Å². The van der Waals surface area contributed by atoms with Gasteiger partial charge in [0.1, 0.15) is 0 Å². The molecule has 0 saturated heterocycles. The predicted octanol–water partition coefficient (Wildman–Crippen LogP) is 0.914. The van der Waals surface area contributed by atoms with Gasteiger partial charge in [-0.25, -0.2) is 0 Å². The van der Waals surface area contributed by atoms with Crippen molar-refractivity contribution in [1.82, 2.24) is 0 Å². The van der Waals surface area contributed by atoms with Crippen molar-refractivity contribution in [3.05, 3.63) is 0 Å². The quantitative estimate of drug-likeness (QED) is 0.602. The van der Waals surface area contributed by atoms with Gasteiger partial charge >= 0.3 is 0 Å². The van der Waals surface area contributed by atoms with Crippen LogP contribution in [0.15, 0.2) is 0 Å². The first kappa shape index (κ1) is 15.2. The zero-order valence-electron chi connectivity index (χ0n) is 12.2. The van der Waals surface area contributed by atoms with Crippen molar-refractivity contribution < 1.29 is 20.4 Å². The lowest BCUT2D eigenvalue weighted by Crippen LogP contribution is -2.47. The molecule has 4 heteroatoms. The van der Waals surface area contributed by atoms with Gasteiger partial charge in [-0.05, 0) is 56.8 Å². The van der Waals surface area contributed by atoms with Crippen LogP contribution in [-0.2, 0) is 0 Å². The Bertz CT molecular complexity index is 326. The van der Waals surface area contributed by atoms with Crippen molar-refractivity contribution in [1.29, 1.82) is 0 Å². The summed E-state index contributed by atoms with van der Waals surface area (Å²) in [5.74, 6) is 0.737. The van der Waals surface area contributed by atoms with Crippen molar-refractivity contribution in [2.24, 2.45) is 23.7 Å². The molecule has 0 spiro atoms. The zero-order valence-corrected chi connectivity index (χ0v) is 12.2. The van der Waals surface area contributed by atoms with Crippen molar-refractivity contribution >= 4 is 0 Å². The van der Waals surface area contributed by atoms with Crippen molar-refractivity contribution in [2.75, 3.05) is 6.61 Å². The molecule has 4 nitrogen and oxygen atoms in total. The van der Waals surface area contributed by atoms with Crippen LogP contribution in [0.1, 0.15) is 46.5 Å². The highest BCUT2D eigenvalue weighted by Gasteiger charge is 2.53. The van der Waals surface area contributed by atoms with E-state index < -0.39 is 17.3 Å². The molecule has 2 aliphatic carbocycles. The van der Waals surface area contributed by atoms with E-state index in [0.29, 0.717) is 18.3 Å². The summed E-state index contributed by atoms with van der Waals surface area (Å²) in [5.41, 5.74) is -2.27. The standard InChI is InChI=1S/C15H28O4/c1-9-4-5-12-11(9)6-10(14(2,18)8-16)7-13(17)15(12,3)19/h9-13,16-19H,4-8H2,1-3H3. The third kappa shape index (κ3) is 2.56. The maximum absolute atomic E-state index is 10.7. The average Bonchev–Trinajstić information content (AvgIpc) is 2.65. The van der Waals surface area contributed by atoms with E-state index in [1.54, 1.807) is 13.8 Å². The minimum atomic E-state index is -1.19. The molecule has 0 amide bonds. The molecule has 0 aromatic rings. The van der Waals surface area contributed by atoms with Crippen molar-refractivity contribution in [3.8, 4) is 0 Å². The summed E-state index contributed by atoms with van der Waals surface area (Å²) in [6.07, 6.45) is 2.28. The van der Waals surface area contributed by atoms with Gasteiger partial charge < -0.3 is 20.4 Å². The van der Waals surface area contributed by atoms with Crippen LogP contribution in [0, 0.1) is 23.7 Å². The van der Waals surface area contributed by atoms with Crippen LogP contribution in [-0.4, -0.2) is 44.3 Å². The average molecular weight is 272 g/mol. The molecule has 0 aromatic carbocycles. The smallest absolute Gasteiger partial charge is 0.0908 e. The van der Waals surface area contributed by atoms with E-state index in [-0.39, 0.29) is 18.4 Å². The first-order valence-electron chi connectivity index (χ1n) is 7.43. The molecule has 7 unspecified atom stereocenters.